The van der Waals surface area contributed by atoms with E-state index in [-0.39, 0.29) is 11.3 Å². The number of carbonyl (C=O) groups excluding carboxylic acids is 1. The van der Waals surface area contributed by atoms with Gasteiger partial charge in [0.05, 0.1) is 18.9 Å². The average Bonchev–Trinajstić information content (AvgIpc) is 2.60. The highest BCUT2D eigenvalue weighted by Crippen LogP contribution is 2.24. The smallest absolute Gasteiger partial charge is 0.221 e. The molecule has 0 unspecified atom stereocenters. The van der Waals surface area contributed by atoms with Crippen LogP contribution in [0.25, 0.3) is 0 Å². The monoisotopic (exact) mass is 251 g/mol. The number of nitrogens with one attached hydrogen (secondary N) is 1. The Bertz CT molecular complexity index is 435. The molecule has 0 radical (unpaired) electrons. The van der Waals surface area contributed by atoms with Gasteiger partial charge < -0.3 is 10.1 Å². The Hall–Kier alpha value is -1.36. The highest BCUT2D eigenvalue weighted by Gasteiger charge is 2.33. The molecule has 0 aliphatic carbocycles. The summed E-state index contributed by atoms with van der Waals surface area (Å²) in [5.41, 5.74) is 2.22. The van der Waals surface area contributed by atoms with E-state index in [9.17, 15) is 4.79 Å². The van der Waals surface area contributed by atoms with Crippen molar-refractivity contribution in [2.75, 3.05) is 19.8 Å². The Labute approximate surface area is 108 Å². The predicted molar refractivity (Wildman–Crippen MR) is 68.3 cm³/mol. The van der Waals surface area contributed by atoms with E-state index < -0.39 is 0 Å². The number of aromatic nitrogens is 2. The third-order valence-corrected chi connectivity index (χ3v) is 3.27. The second-order valence-electron chi connectivity index (χ2n) is 5.48. The minimum Gasteiger partial charge on any atom is -0.380 e. The summed E-state index contributed by atoms with van der Waals surface area (Å²) in [6.45, 7) is 8.90. The zero-order valence-corrected chi connectivity index (χ0v) is 11.3. The molecule has 1 N–H and O–H groups in total. The third kappa shape index (κ3) is 3.10. The first kappa shape index (κ1) is 13.1. The fourth-order valence-corrected chi connectivity index (χ4v) is 2.06. The molecule has 2 rings (SSSR count). The number of nitrogens with zero attached hydrogens (tertiary/aromatic N) is 2. The molecule has 1 saturated heterocycles. The van der Waals surface area contributed by atoms with Gasteiger partial charge >= 0.3 is 0 Å². The SMILES string of the molecule is Cc1cc(C)n(CCC(=O)NCC2(C)COC2)n1. The van der Waals surface area contributed by atoms with Gasteiger partial charge in [-0.3, -0.25) is 9.48 Å². The van der Waals surface area contributed by atoms with Crippen LogP contribution in [0.4, 0.5) is 0 Å². The molecule has 1 aliphatic heterocycles. The van der Waals surface area contributed by atoms with Crippen LogP contribution in [0.5, 0.6) is 0 Å². The lowest BCUT2D eigenvalue weighted by molar-refractivity contribution is -0.127. The zero-order chi connectivity index (χ0) is 13.2. The summed E-state index contributed by atoms with van der Waals surface area (Å²) in [6.07, 6.45) is 0.471. The van der Waals surface area contributed by atoms with Crippen LogP contribution >= 0.6 is 0 Å². The molecule has 1 aliphatic rings. The first-order valence-electron chi connectivity index (χ1n) is 6.34. The van der Waals surface area contributed by atoms with Crippen LogP contribution in [0.1, 0.15) is 24.7 Å². The second kappa shape index (κ2) is 5.10. The summed E-state index contributed by atoms with van der Waals surface area (Å²) in [5.74, 6) is 0.0793. The van der Waals surface area contributed by atoms with Gasteiger partial charge in [0.15, 0.2) is 0 Å². The van der Waals surface area contributed by atoms with Crippen molar-refractivity contribution in [1.82, 2.24) is 15.1 Å². The van der Waals surface area contributed by atoms with Gasteiger partial charge in [0.1, 0.15) is 0 Å². The molecule has 5 nitrogen and oxygen atoms in total. The van der Waals surface area contributed by atoms with Gasteiger partial charge in [-0.05, 0) is 19.9 Å². The van der Waals surface area contributed by atoms with Crippen molar-refractivity contribution in [2.24, 2.45) is 5.41 Å². The number of amides is 1. The van der Waals surface area contributed by atoms with E-state index in [2.05, 4.69) is 17.3 Å². The van der Waals surface area contributed by atoms with Crippen LogP contribution in [-0.4, -0.2) is 35.4 Å². The van der Waals surface area contributed by atoms with E-state index in [0.29, 0.717) is 19.5 Å². The molecule has 1 aromatic heterocycles. The van der Waals surface area contributed by atoms with Crippen molar-refractivity contribution < 1.29 is 9.53 Å². The van der Waals surface area contributed by atoms with E-state index >= 15 is 0 Å². The van der Waals surface area contributed by atoms with E-state index in [1.165, 1.54) is 0 Å². The lowest BCUT2D eigenvalue weighted by Gasteiger charge is -2.38. The van der Waals surface area contributed by atoms with Crippen LogP contribution in [-0.2, 0) is 16.1 Å². The van der Waals surface area contributed by atoms with Gasteiger partial charge in [-0.1, -0.05) is 6.92 Å². The highest BCUT2D eigenvalue weighted by molar-refractivity contribution is 5.75. The predicted octanol–water partition coefficient (Wildman–Crippen LogP) is 1.04. The maximum Gasteiger partial charge on any atom is 0.221 e. The van der Waals surface area contributed by atoms with Gasteiger partial charge in [-0.25, -0.2) is 0 Å². The minimum atomic E-state index is 0.0793. The maximum atomic E-state index is 11.7. The van der Waals surface area contributed by atoms with Crippen molar-refractivity contribution in [1.29, 1.82) is 0 Å². The Morgan fingerprint density at radius 1 is 1.56 bits per heavy atom. The first-order valence-corrected chi connectivity index (χ1v) is 6.34. The van der Waals surface area contributed by atoms with Crippen LogP contribution in [0.3, 0.4) is 0 Å². The highest BCUT2D eigenvalue weighted by atomic mass is 16.5. The summed E-state index contributed by atoms with van der Waals surface area (Å²) in [5, 5.41) is 7.30. The van der Waals surface area contributed by atoms with Crippen molar-refractivity contribution in [3.05, 3.63) is 17.5 Å². The van der Waals surface area contributed by atoms with Crippen molar-refractivity contribution in [2.45, 2.75) is 33.7 Å². The van der Waals surface area contributed by atoms with E-state index in [1.54, 1.807) is 0 Å². The summed E-state index contributed by atoms with van der Waals surface area (Å²) in [6, 6.07) is 2.02. The molecule has 0 spiro atoms. The number of ether oxygens (including phenoxy) is 1. The van der Waals surface area contributed by atoms with Crippen molar-refractivity contribution >= 4 is 5.91 Å². The van der Waals surface area contributed by atoms with Gasteiger partial charge in [0, 0.05) is 30.6 Å². The van der Waals surface area contributed by atoms with Crippen molar-refractivity contribution in [3.63, 3.8) is 0 Å². The molecule has 1 amide bonds. The standard InChI is InChI=1S/C13H21N3O2/c1-10-6-11(2)16(15-10)5-4-12(17)14-7-13(3)8-18-9-13/h6H,4-5,7-9H2,1-3H3,(H,14,17). The van der Waals surface area contributed by atoms with Gasteiger partial charge in [0.25, 0.3) is 0 Å². The van der Waals surface area contributed by atoms with Crippen LogP contribution in [0.2, 0.25) is 0 Å². The zero-order valence-electron chi connectivity index (χ0n) is 11.3. The topological polar surface area (TPSA) is 56.2 Å². The number of aryl methyl sites for hydroxylation is 3. The summed E-state index contributed by atoms with van der Waals surface area (Å²) in [4.78, 5) is 11.7. The molecule has 0 aromatic carbocycles. The fourth-order valence-electron chi connectivity index (χ4n) is 2.06. The third-order valence-electron chi connectivity index (χ3n) is 3.27. The number of rotatable bonds is 5. The normalized spacial score (nSPS) is 17.3. The largest absolute Gasteiger partial charge is 0.380 e. The molecule has 100 valence electrons. The molecular weight excluding hydrogens is 230 g/mol. The summed E-state index contributed by atoms with van der Waals surface area (Å²) >= 11 is 0. The number of hydrogen-bond acceptors (Lipinski definition) is 3. The molecule has 0 atom stereocenters. The molecule has 0 bridgehead atoms. The summed E-state index contributed by atoms with van der Waals surface area (Å²) in [7, 11) is 0. The number of carbonyl (C=O) groups is 1. The maximum absolute atomic E-state index is 11.7. The Kier molecular flexibility index (Phi) is 3.71. The minimum absolute atomic E-state index is 0.0793. The lowest BCUT2D eigenvalue weighted by Crippen LogP contribution is -2.48. The Morgan fingerprint density at radius 2 is 2.28 bits per heavy atom. The van der Waals surface area contributed by atoms with Crippen molar-refractivity contribution in [3.8, 4) is 0 Å². The Balaban J connectivity index is 1.73. The summed E-state index contributed by atoms with van der Waals surface area (Å²) < 4.78 is 7.03. The molecule has 18 heavy (non-hydrogen) atoms. The number of hydrogen-bond donors (Lipinski definition) is 1. The van der Waals surface area contributed by atoms with E-state index in [4.69, 9.17) is 4.74 Å². The van der Waals surface area contributed by atoms with Crippen LogP contribution in [0, 0.1) is 19.3 Å². The molecule has 1 fully saturated rings. The lowest BCUT2D eigenvalue weighted by atomic mass is 9.89. The molecule has 0 saturated carbocycles. The molecule has 2 heterocycles. The van der Waals surface area contributed by atoms with E-state index in [1.807, 2.05) is 24.6 Å². The molecule has 5 heteroatoms. The molecule has 1 aromatic rings. The van der Waals surface area contributed by atoms with Gasteiger partial charge in [-0.2, -0.15) is 5.10 Å². The fraction of sp³-hybridized carbons (Fsp3) is 0.692. The molecular formula is C13H21N3O2. The van der Waals surface area contributed by atoms with Crippen LogP contribution in [0.15, 0.2) is 6.07 Å². The van der Waals surface area contributed by atoms with E-state index in [0.717, 1.165) is 24.6 Å². The second-order valence-corrected chi connectivity index (χ2v) is 5.48. The quantitative estimate of drug-likeness (QED) is 0.850. The Morgan fingerprint density at radius 3 is 2.78 bits per heavy atom. The van der Waals surface area contributed by atoms with Crippen LogP contribution < -0.4 is 5.32 Å². The van der Waals surface area contributed by atoms with Gasteiger partial charge in [0.2, 0.25) is 5.91 Å². The first-order chi connectivity index (χ1) is 8.48. The van der Waals surface area contributed by atoms with Gasteiger partial charge in [-0.15, -0.1) is 0 Å². The average molecular weight is 251 g/mol.